The fourth-order valence-corrected chi connectivity index (χ4v) is 4.63. The molecule has 3 N–H and O–H groups in total. The Kier molecular flexibility index (Phi) is 10.2. The lowest BCUT2D eigenvalue weighted by molar-refractivity contribution is -0.275. The van der Waals surface area contributed by atoms with Gasteiger partial charge in [0.1, 0.15) is 0 Å². The number of nitrogens with zero attached hydrogens (tertiary/aromatic N) is 2. The molecule has 0 aliphatic heterocycles. The van der Waals surface area contributed by atoms with Crippen LogP contribution >= 0.6 is 11.6 Å². The number of pyridine rings is 1. The maximum Gasteiger partial charge on any atom is 0.573 e. The van der Waals surface area contributed by atoms with E-state index in [9.17, 15) is 17.6 Å². The zero-order valence-corrected chi connectivity index (χ0v) is 22.6. The van der Waals surface area contributed by atoms with Gasteiger partial charge in [-0.05, 0) is 66.8 Å². The molecule has 214 valence electrons. The Morgan fingerprint density at radius 3 is 2.60 bits per heavy atom. The summed E-state index contributed by atoms with van der Waals surface area (Å²) in [7, 11) is 0. The number of hydrogen-bond donors (Lipinski definition) is 3. The molecular formula is C28H30ClF4N5O2. The summed E-state index contributed by atoms with van der Waals surface area (Å²) in [6.45, 7) is 4.32. The van der Waals surface area contributed by atoms with E-state index in [1.807, 2.05) is 18.2 Å². The highest BCUT2D eigenvalue weighted by Crippen LogP contribution is 2.37. The van der Waals surface area contributed by atoms with Crippen molar-refractivity contribution >= 4 is 28.2 Å². The van der Waals surface area contributed by atoms with Crippen molar-refractivity contribution in [3.8, 4) is 16.9 Å². The highest BCUT2D eigenvalue weighted by atomic mass is 35.5. The topological polar surface area (TPSA) is 84.1 Å². The standard InChI is InChI=1S/C28H30ClF4N5O2/c1-2-19-13-18(14-23(30)27(19)40-28(31,32)33)16-35-7-3-4-11-39-12-10-36-24-15-21(20-5-8-34-9-6-20)25(29)26-22(24)17-37-38-26/h5-6,8-9,13-15,17,35-36H,2-4,7,10-12,16H2,1H3,(H,37,38). The zero-order chi connectivity index (χ0) is 28.5. The summed E-state index contributed by atoms with van der Waals surface area (Å²) >= 11 is 6.62. The van der Waals surface area contributed by atoms with Gasteiger partial charge in [0.15, 0.2) is 11.6 Å². The van der Waals surface area contributed by atoms with E-state index in [1.165, 1.54) is 6.07 Å². The highest BCUT2D eigenvalue weighted by molar-refractivity contribution is 6.38. The van der Waals surface area contributed by atoms with Gasteiger partial charge in [0.05, 0.1) is 23.3 Å². The first-order valence-corrected chi connectivity index (χ1v) is 13.3. The van der Waals surface area contributed by atoms with Gasteiger partial charge in [0, 0.05) is 48.7 Å². The second-order valence-corrected chi connectivity index (χ2v) is 9.45. The van der Waals surface area contributed by atoms with E-state index in [2.05, 4.69) is 30.6 Å². The molecule has 7 nitrogen and oxygen atoms in total. The van der Waals surface area contributed by atoms with Crippen molar-refractivity contribution in [1.82, 2.24) is 20.5 Å². The summed E-state index contributed by atoms with van der Waals surface area (Å²) < 4.78 is 61.4. The van der Waals surface area contributed by atoms with Crippen molar-refractivity contribution < 1.29 is 27.0 Å². The van der Waals surface area contributed by atoms with Crippen LogP contribution in [0.3, 0.4) is 0 Å². The Hall–Kier alpha value is -3.41. The Labute approximate surface area is 234 Å². The number of H-pyrrole nitrogens is 1. The van der Waals surface area contributed by atoms with Crippen molar-refractivity contribution in [2.45, 2.75) is 39.1 Å². The van der Waals surface area contributed by atoms with E-state index in [1.54, 1.807) is 25.5 Å². The number of rotatable bonds is 14. The van der Waals surface area contributed by atoms with E-state index in [-0.39, 0.29) is 12.0 Å². The van der Waals surface area contributed by atoms with Crippen LogP contribution in [0, 0.1) is 5.82 Å². The number of anilines is 1. The molecule has 2 aromatic carbocycles. The summed E-state index contributed by atoms with van der Waals surface area (Å²) in [5.74, 6) is -1.78. The Bertz CT molecular complexity index is 1400. The molecule has 0 unspecified atom stereocenters. The quantitative estimate of drug-likeness (QED) is 0.112. The Morgan fingerprint density at radius 1 is 1.05 bits per heavy atom. The van der Waals surface area contributed by atoms with Crippen LogP contribution in [0.25, 0.3) is 22.0 Å². The molecule has 0 fully saturated rings. The molecule has 0 aliphatic rings. The molecule has 2 heterocycles. The van der Waals surface area contributed by atoms with Crippen LogP contribution < -0.4 is 15.4 Å². The fourth-order valence-electron chi connectivity index (χ4n) is 4.32. The lowest BCUT2D eigenvalue weighted by atomic mass is 10.0. The third-order valence-electron chi connectivity index (χ3n) is 6.23. The molecule has 0 spiro atoms. The lowest BCUT2D eigenvalue weighted by Crippen LogP contribution is -2.20. The van der Waals surface area contributed by atoms with Gasteiger partial charge in [-0.3, -0.25) is 10.1 Å². The first-order valence-electron chi connectivity index (χ1n) is 12.9. The molecular weight excluding hydrogens is 550 g/mol. The third kappa shape index (κ3) is 7.83. The number of benzene rings is 2. The number of aromatic amines is 1. The average Bonchev–Trinajstić information content (AvgIpc) is 3.43. The smallest absolute Gasteiger partial charge is 0.402 e. The molecule has 4 aromatic rings. The summed E-state index contributed by atoms with van der Waals surface area (Å²) in [6, 6.07) is 8.39. The molecule has 0 saturated carbocycles. The SMILES string of the molecule is CCc1cc(CNCCCCOCCNc2cc(-c3ccncc3)c(Cl)c3[nH]ncc23)cc(F)c1OC(F)(F)F. The maximum atomic E-state index is 14.2. The van der Waals surface area contributed by atoms with E-state index in [0.717, 1.165) is 46.6 Å². The normalized spacial score (nSPS) is 11.8. The van der Waals surface area contributed by atoms with E-state index < -0.39 is 17.9 Å². The molecule has 0 saturated heterocycles. The van der Waals surface area contributed by atoms with Crippen molar-refractivity contribution in [2.75, 3.05) is 31.6 Å². The molecule has 4 rings (SSSR count). The van der Waals surface area contributed by atoms with Gasteiger partial charge in [0.25, 0.3) is 0 Å². The molecule has 0 aliphatic carbocycles. The van der Waals surface area contributed by atoms with Crippen LogP contribution in [0.5, 0.6) is 5.75 Å². The molecule has 40 heavy (non-hydrogen) atoms. The monoisotopic (exact) mass is 579 g/mol. The van der Waals surface area contributed by atoms with E-state index >= 15 is 0 Å². The summed E-state index contributed by atoms with van der Waals surface area (Å²) in [5.41, 5.74) is 4.22. The third-order valence-corrected chi connectivity index (χ3v) is 6.62. The highest BCUT2D eigenvalue weighted by Gasteiger charge is 2.33. The van der Waals surface area contributed by atoms with Crippen LogP contribution in [0.2, 0.25) is 5.02 Å². The largest absolute Gasteiger partial charge is 0.573 e. The van der Waals surface area contributed by atoms with Crippen molar-refractivity contribution in [1.29, 1.82) is 0 Å². The van der Waals surface area contributed by atoms with Gasteiger partial charge in [-0.25, -0.2) is 4.39 Å². The lowest BCUT2D eigenvalue weighted by Gasteiger charge is -2.15. The minimum absolute atomic E-state index is 0.178. The van der Waals surface area contributed by atoms with Crippen LogP contribution in [0.15, 0.2) is 48.9 Å². The molecule has 0 atom stereocenters. The number of ether oxygens (including phenoxy) is 2. The average molecular weight is 580 g/mol. The van der Waals surface area contributed by atoms with Gasteiger partial charge in [-0.15, -0.1) is 13.2 Å². The number of hydrogen-bond acceptors (Lipinski definition) is 6. The fraction of sp³-hybridized carbons (Fsp3) is 0.357. The van der Waals surface area contributed by atoms with Crippen LogP contribution in [0.1, 0.15) is 30.9 Å². The molecule has 0 amide bonds. The molecule has 0 bridgehead atoms. The second-order valence-electron chi connectivity index (χ2n) is 9.07. The maximum absolute atomic E-state index is 14.2. The number of alkyl halides is 3. The van der Waals surface area contributed by atoms with Crippen molar-refractivity contribution in [3.63, 3.8) is 0 Å². The van der Waals surface area contributed by atoms with Gasteiger partial charge in [-0.2, -0.15) is 5.10 Å². The van der Waals surface area contributed by atoms with E-state index in [4.69, 9.17) is 16.3 Å². The minimum atomic E-state index is -4.94. The van der Waals surface area contributed by atoms with Gasteiger partial charge >= 0.3 is 6.36 Å². The van der Waals surface area contributed by atoms with Crippen molar-refractivity contribution in [2.24, 2.45) is 0 Å². The van der Waals surface area contributed by atoms with Gasteiger partial charge < -0.3 is 20.1 Å². The number of aromatic nitrogens is 3. The minimum Gasteiger partial charge on any atom is -0.402 e. The van der Waals surface area contributed by atoms with Crippen LogP contribution in [-0.2, 0) is 17.7 Å². The second kappa shape index (κ2) is 13.8. The van der Waals surface area contributed by atoms with Crippen LogP contribution in [0.4, 0.5) is 23.2 Å². The zero-order valence-electron chi connectivity index (χ0n) is 21.9. The Balaban J connectivity index is 1.16. The molecule has 2 aromatic heterocycles. The summed E-state index contributed by atoms with van der Waals surface area (Å²) in [5, 5.41) is 15.2. The van der Waals surface area contributed by atoms with Gasteiger partial charge in [-0.1, -0.05) is 24.6 Å². The number of unbranched alkanes of at least 4 members (excludes halogenated alkanes) is 1. The Morgan fingerprint density at radius 2 is 1.85 bits per heavy atom. The first-order chi connectivity index (χ1) is 19.3. The number of fused-ring (bicyclic) bond motifs is 1. The number of nitrogens with one attached hydrogen (secondary N) is 3. The molecule has 12 heteroatoms. The van der Waals surface area contributed by atoms with Crippen LogP contribution in [-0.4, -0.2) is 47.8 Å². The number of aryl methyl sites for hydroxylation is 1. The first kappa shape index (κ1) is 29.6. The van der Waals surface area contributed by atoms with Crippen molar-refractivity contribution in [3.05, 3.63) is 70.9 Å². The summed E-state index contributed by atoms with van der Waals surface area (Å²) in [4.78, 5) is 4.06. The molecule has 0 radical (unpaired) electrons. The predicted molar refractivity (Wildman–Crippen MR) is 147 cm³/mol. The van der Waals surface area contributed by atoms with Gasteiger partial charge in [0.2, 0.25) is 0 Å². The van der Waals surface area contributed by atoms with E-state index in [0.29, 0.717) is 43.4 Å². The summed E-state index contributed by atoms with van der Waals surface area (Å²) in [6.07, 6.45) is 2.10. The number of halogens is 5. The predicted octanol–water partition coefficient (Wildman–Crippen LogP) is 6.88.